The lowest BCUT2D eigenvalue weighted by Crippen LogP contribution is -2.31. The van der Waals surface area contributed by atoms with Gasteiger partial charge in [-0.2, -0.15) is 0 Å². The molecule has 0 saturated carbocycles. The van der Waals surface area contributed by atoms with Gasteiger partial charge in [0.05, 0.1) is 11.5 Å². The van der Waals surface area contributed by atoms with Gasteiger partial charge in [-0.1, -0.05) is 55.8 Å². The summed E-state index contributed by atoms with van der Waals surface area (Å²) in [5, 5.41) is 19.5. The van der Waals surface area contributed by atoms with Crippen molar-refractivity contribution in [3.05, 3.63) is 81.7 Å². The molecule has 3 rings (SSSR count). The van der Waals surface area contributed by atoms with Crippen molar-refractivity contribution in [1.29, 1.82) is 0 Å². The van der Waals surface area contributed by atoms with Crippen LogP contribution in [0, 0.1) is 0 Å². The van der Waals surface area contributed by atoms with E-state index < -0.39 is 5.91 Å². The highest BCUT2D eigenvalue weighted by atomic mass is 32.1. The predicted octanol–water partition coefficient (Wildman–Crippen LogP) is 5.35. The van der Waals surface area contributed by atoms with E-state index >= 15 is 0 Å². The number of hydrogen-bond acceptors (Lipinski definition) is 5. The van der Waals surface area contributed by atoms with E-state index in [0.29, 0.717) is 11.4 Å². The summed E-state index contributed by atoms with van der Waals surface area (Å²) in [6.45, 7) is 8.55. The van der Waals surface area contributed by atoms with Gasteiger partial charge in [0.25, 0.3) is 5.91 Å². The SMILES string of the molecule is C/C=C(\C/C=C\Cc1ccc(C(=O)NO)s1)CN(CCO)CCc1c[nH]c2ccccc12.CC. The summed E-state index contributed by atoms with van der Waals surface area (Å²) in [5.74, 6) is -0.474. The number of nitrogens with zero attached hydrogens (tertiary/aromatic N) is 1. The highest BCUT2D eigenvalue weighted by molar-refractivity contribution is 7.14. The first-order valence-electron chi connectivity index (χ1n) is 11.8. The minimum Gasteiger partial charge on any atom is -0.395 e. The molecular weight excluding hydrogens is 446 g/mol. The number of H-pyrrole nitrogens is 1. The number of aromatic amines is 1. The summed E-state index contributed by atoms with van der Waals surface area (Å²) < 4.78 is 0. The standard InChI is InChI=1S/C25H31N3O3S.C2H6/c1-2-19(7-3-4-8-21-11-12-24(32-21)25(30)27-31)18-28(15-16-29)14-13-20-17-26-23-10-6-5-9-22(20)23;1-2/h2-6,9-12,17,26,29,31H,7-8,13-16,18H2,1H3,(H,27,30);1-2H3/b4-3-,19-2+;. The number of aliphatic hydroxyl groups is 1. The molecule has 2 aromatic heterocycles. The van der Waals surface area contributed by atoms with Crippen molar-refractivity contribution in [3.8, 4) is 0 Å². The number of aromatic nitrogens is 1. The molecule has 1 aromatic carbocycles. The maximum atomic E-state index is 11.4. The van der Waals surface area contributed by atoms with Crippen LogP contribution in [0.4, 0.5) is 0 Å². The molecule has 7 heteroatoms. The Labute approximate surface area is 206 Å². The number of carbonyl (C=O) groups is 1. The van der Waals surface area contributed by atoms with Crippen LogP contribution in [0.1, 0.15) is 47.3 Å². The van der Waals surface area contributed by atoms with Gasteiger partial charge in [-0.05, 0) is 49.9 Å². The van der Waals surface area contributed by atoms with Gasteiger partial charge in [0, 0.05) is 41.6 Å². The minimum atomic E-state index is -0.474. The topological polar surface area (TPSA) is 88.6 Å². The second-order valence-electron chi connectivity index (χ2n) is 7.64. The minimum absolute atomic E-state index is 0.142. The first-order valence-corrected chi connectivity index (χ1v) is 12.7. The Bertz CT molecular complexity index is 1070. The van der Waals surface area contributed by atoms with Crippen LogP contribution in [0.15, 0.2) is 66.4 Å². The maximum Gasteiger partial charge on any atom is 0.284 e. The fraction of sp³-hybridized carbons (Fsp3) is 0.370. The van der Waals surface area contributed by atoms with Gasteiger partial charge in [-0.15, -0.1) is 11.3 Å². The van der Waals surface area contributed by atoms with Crippen LogP contribution in [0.25, 0.3) is 10.9 Å². The number of nitrogens with one attached hydrogen (secondary N) is 2. The highest BCUT2D eigenvalue weighted by Gasteiger charge is 2.10. The van der Waals surface area contributed by atoms with Gasteiger partial charge in [-0.3, -0.25) is 14.9 Å². The monoisotopic (exact) mass is 483 g/mol. The number of thiophene rings is 1. The van der Waals surface area contributed by atoms with Crippen molar-refractivity contribution < 1.29 is 15.1 Å². The second kappa shape index (κ2) is 15.2. The average molecular weight is 484 g/mol. The van der Waals surface area contributed by atoms with Crippen LogP contribution in [0.5, 0.6) is 0 Å². The molecule has 0 unspecified atom stereocenters. The van der Waals surface area contributed by atoms with E-state index in [1.54, 1.807) is 11.5 Å². The molecule has 2 heterocycles. The summed E-state index contributed by atoms with van der Waals surface area (Å²) in [6, 6.07) is 12.0. The number of allylic oxidation sites excluding steroid dienone is 3. The van der Waals surface area contributed by atoms with Crippen molar-refractivity contribution in [2.75, 3.05) is 26.2 Å². The van der Waals surface area contributed by atoms with Gasteiger partial charge < -0.3 is 10.1 Å². The molecule has 0 aliphatic heterocycles. The van der Waals surface area contributed by atoms with E-state index in [9.17, 15) is 9.90 Å². The predicted molar refractivity (Wildman–Crippen MR) is 142 cm³/mol. The fourth-order valence-corrected chi connectivity index (χ4v) is 4.56. The van der Waals surface area contributed by atoms with Gasteiger partial charge in [-0.25, -0.2) is 5.48 Å². The molecule has 184 valence electrons. The molecule has 0 spiro atoms. The lowest BCUT2D eigenvalue weighted by molar-refractivity contribution is 0.0711. The third kappa shape index (κ3) is 8.25. The molecule has 4 N–H and O–H groups in total. The number of hydrogen-bond donors (Lipinski definition) is 4. The smallest absolute Gasteiger partial charge is 0.284 e. The molecule has 0 atom stereocenters. The van der Waals surface area contributed by atoms with Crippen LogP contribution in [0.3, 0.4) is 0 Å². The van der Waals surface area contributed by atoms with Crippen molar-refractivity contribution in [1.82, 2.24) is 15.4 Å². The van der Waals surface area contributed by atoms with E-state index in [1.165, 1.54) is 27.9 Å². The zero-order valence-corrected chi connectivity index (χ0v) is 21.2. The number of carbonyl (C=O) groups excluding carboxylic acids is 1. The van der Waals surface area contributed by atoms with Crippen molar-refractivity contribution in [2.24, 2.45) is 0 Å². The number of amides is 1. The number of benzene rings is 1. The van der Waals surface area contributed by atoms with E-state index in [-0.39, 0.29) is 6.61 Å². The Balaban J connectivity index is 0.00000199. The fourth-order valence-electron chi connectivity index (χ4n) is 3.69. The van der Waals surface area contributed by atoms with Gasteiger partial charge in [0.2, 0.25) is 0 Å². The van der Waals surface area contributed by atoms with Crippen molar-refractivity contribution >= 4 is 28.1 Å². The Morgan fingerprint density at radius 1 is 1.15 bits per heavy atom. The molecule has 6 nitrogen and oxygen atoms in total. The van der Waals surface area contributed by atoms with E-state index in [4.69, 9.17) is 5.21 Å². The van der Waals surface area contributed by atoms with Crippen LogP contribution in [0.2, 0.25) is 0 Å². The Kier molecular flexibility index (Phi) is 12.3. The number of fused-ring (bicyclic) bond motifs is 1. The second-order valence-corrected chi connectivity index (χ2v) is 8.81. The molecule has 34 heavy (non-hydrogen) atoms. The summed E-state index contributed by atoms with van der Waals surface area (Å²) in [5.41, 5.74) is 5.43. The molecule has 0 radical (unpaired) electrons. The quantitative estimate of drug-likeness (QED) is 0.159. The van der Waals surface area contributed by atoms with Crippen LogP contribution in [-0.2, 0) is 12.8 Å². The molecule has 0 saturated heterocycles. The molecule has 0 aliphatic rings. The first-order chi connectivity index (χ1) is 16.6. The molecule has 0 bridgehead atoms. The molecule has 0 aliphatic carbocycles. The number of rotatable bonds is 12. The summed E-state index contributed by atoms with van der Waals surface area (Å²) in [4.78, 5) is 18.6. The zero-order valence-electron chi connectivity index (χ0n) is 20.4. The number of aliphatic hydroxyl groups excluding tert-OH is 1. The summed E-state index contributed by atoms with van der Waals surface area (Å²) in [6.07, 6.45) is 11.0. The normalized spacial score (nSPS) is 11.8. The van der Waals surface area contributed by atoms with Crippen LogP contribution < -0.4 is 5.48 Å². The third-order valence-corrected chi connectivity index (χ3v) is 6.58. The van der Waals surface area contributed by atoms with Crippen molar-refractivity contribution in [2.45, 2.75) is 40.0 Å². The Morgan fingerprint density at radius 3 is 2.68 bits per heavy atom. The lowest BCUT2D eigenvalue weighted by Gasteiger charge is -2.22. The highest BCUT2D eigenvalue weighted by Crippen LogP contribution is 2.19. The zero-order chi connectivity index (χ0) is 24.8. The first kappa shape index (κ1) is 27.5. The Hall–Kier alpha value is -2.71. The number of hydroxylamine groups is 1. The van der Waals surface area contributed by atoms with Gasteiger partial charge in [0.1, 0.15) is 0 Å². The third-order valence-electron chi connectivity index (χ3n) is 5.48. The molecule has 0 fully saturated rings. The lowest BCUT2D eigenvalue weighted by atomic mass is 10.1. The molecule has 1 amide bonds. The largest absolute Gasteiger partial charge is 0.395 e. The van der Waals surface area contributed by atoms with E-state index in [1.807, 2.05) is 26.0 Å². The van der Waals surface area contributed by atoms with Crippen molar-refractivity contribution in [3.63, 3.8) is 0 Å². The van der Waals surface area contributed by atoms with Gasteiger partial charge >= 0.3 is 0 Å². The molecule has 3 aromatic rings. The van der Waals surface area contributed by atoms with E-state index in [2.05, 4.69) is 59.4 Å². The van der Waals surface area contributed by atoms with Crippen LogP contribution in [-0.4, -0.2) is 52.3 Å². The maximum absolute atomic E-state index is 11.4. The average Bonchev–Trinajstić information content (AvgIpc) is 3.52. The Morgan fingerprint density at radius 2 is 1.94 bits per heavy atom. The van der Waals surface area contributed by atoms with Crippen LogP contribution >= 0.6 is 11.3 Å². The number of para-hydroxylation sites is 1. The summed E-state index contributed by atoms with van der Waals surface area (Å²) in [7, 11) is 0. The molecular formula is C27H37N3O3S. The van der Waals surface area contributed by atoms with Gasteiger partial charge in [0.15, 0.2) is 0 Å². The van der Waals surface area contributed by atoms with E-state index in [0.717, 1.165) is 42.7 Å². The summed E-state index contributed by atoms with van der Waals surface area (Å²) >= 11 is 1.38.